The normalized spacial score (nSPS) is 13.5. The second kappa shape index (κ2) is 19.8. The molecule has 15 nitrogen and oxygen atoms in total. The van der Waals surface area contributed by atoms with E-state index in [1.165, 1.54) is 44.9 Å². The van der Waals surface area contributed by atoms with Crippen LogP contribution in [0.2, 0.25) is 33.2 Å². The van der Waals surface area contributed by atoms with Crippen molar-refractivity contribution >= 4 is 40.4 Å². The van der Waals surface area contributed by atoms with E-state index >= 15 is 0 Å². The fourth-order valence-electron chi connectivity index (χ4n) is 8.25. The van der Waals surface area contributed by atoms with Crippen LogP contribution in [0, 0.1) is 0 Å². The number of rotatable bonds is 20. The third kappa shape index (κ3) is 10.2. The molecule has 2 unspecified atom stereocenters. The number of nitrogens with one attached hydrogen (secondary N) is 2. The van der Waals surface area contributed by atoms with Crippen molar-refractivity contribution in [1.29, 1.82) is 0 Å². The molecular formula is C39H61N5O10Si2. The van der Waals surface area contributed by atoms with E-state index in [1.54, 1.807) is 0 Å². The molecule has 0 fully saturated rings. The molecule has 0 saturated carbocycles. The summed E-state index contributed by atoms with van der Waals surface area (Å²) < 4.78 is 34.5. The summed E-state index contributed by atoms with van der Waals surface area (Å²) >= 11 is 0. The SMILES string of the molecule is COC(=O)c1coc(C(CO[Si](C(C)C)(C(C)C)C(C)C)NC(=O)c2cccc(C(=O)NC(CO[Si](C(C)C)(C(C)C)C(C)C)c3nc(C(=O)OC)co3)n2)n1. The summed E-state index contributed by atoms with van der Waals surface area (Å²) in [7, 11) is -2.36. The summed E-state index contributed by atoms with van der Waals surface area (Å²) in [6.45, 7) is 25.8. The molecule has 310 valence electrons. The van der Waals surface area contributed by atoms with E-state index in [-0.39, 0.29) is 81.0 Å². The quantitative estimate of drug-likeness (QED) is 0.0825. The van der Waals surface area contributed by atoms with Gasteiger partial charge in [-0.05, 0) is 45.4 Å². The summed E-state index contributed by atoms with van der Waals surface area (Å²) in [5, 5.41) is 5.80. The molecule has 0 bridgehead atoms. The van der Waals surface area contributed by atoms with E-state index in [2.05, 4.69) is 109 Å². The smallest absolute Gasteiger partial charge is 0.360 e. The van der Waals surface area contributed by atoms with Crippen molar-refractivity contribution in [2.45, 2.75) is 128 Å². The monoisotopic (exact) mass is 815 g/mol. The summed E-state index contributed by atoms with van der Waals surface area (Å²) in [6.07, 6.45) is 2.33. The zero-order valence-corrected chi connectivity index (χ0v) is 37.3. The number of ether oxygens (including phenoxy) is 2. The van der Waals surface area contributed by atoms with E-state index < -0.39 is 52.5 Å². The van der Waals surface area contributed by atoms with Crippen LogP contribution in [0.25, 0.3) is 0 Å². The number of pyridine rings is 1. The van der Waals surface area contributed by atoms with Crippen molar-refractivity contribution in [2.24, 2.45) is 0 Å². The predicted molar refractivity (Wildman–Crippen MR) is 214 cm³/mol. The summed E-state index contributed by atoms with van der Waals surface area (Å²) in [4.78, 5) is 65.2. The van der Waals surface area contributed by atoms with Gasteiger partial charge in [-0.1, -0.05) is 89.2 Å². The highest BCUT2D eigenvalue weighted by molar-refractivity contribution is 6.78. The molecule has 2 atom stereocenters. The molecule has 0 saturated heterocycles. The van der Waals surface area contributed by atoms with Crippen LogP contribution in [-0.4, -0.2) is 82.8 Å². The number of oxazole rings is 2. The van der Waals surface area contributed by atoms with Gasteiger partial charge in [-0.2, -0.15) is 0 Å². The van der Waals surface area contributed by atoms with Gasteiger partial charge in [0.2, 0.25) is 11.8 Å². The molecule has 0 radical (unpaired) electrons. The molecule has 3 aromatic heterocycles. The van der Waals surface area contributed by atoms with Crippen LogP contribution in [0.15, 0.2) is 39.6 Å². The lowest BCUT2D eigenvalue weighted by atomic mass is 10.2. The zero-order chi connectivity index (χ0) is 42.1. The largest absolute Gasteiger partial charge is 0.464 e. The maximum atomic E-state index is 13.9. The molecule has 3 rings (SSSR count). The summed E-state index contributed by atoms with van der Waals surface area (Å²) in [6, 6.07) is 2.66. The summed E-state index contributed by atoms with van der Waals surface area (Å²) in [5.41, 5.74) is 1.27. The Labute approximate surface area is 332 Å². The summed E-state index contributed by atoms with van der Waals surface area (Å²) in [5.74, 6) is -2.54. The van der Waals surface area contributed by atoms with Crippen molar-refractivity contribution in [3.63, 3.8) is 0 Å². The van der Waals surface area contributed by atoms with Crippen LogP contribution in [0.3, 0.4) is 0 Å². The topological polar surface area (TPSA) is 194 Å². The number of aromatic nitrogens is 3. The van der Waals surface area contributed by atoms with Gasteiger partial charge in [0.1, 0.15) is 36.0 Å². The van der Waals surface area contributed by atoms with Gasteiger partial charge in [-0.25, -0.2) is 24.5 Å². The number of hydrogen-bond donors (Lipinski definition) is 2. The van der Waals surface area contributed by atoms with Crippen LogP contribution in [-0.2, 0) is 18.3 Å². The standard InChI is InChI=1S/C39H61N5O10Si2/c1-22(2)55(23(3)4,24(5)6)53-20-30(36-43-32(18-51-36)38(47)49-13)41-34(45)28-16-15-17-29(40-28)35(46)42-31(37-44-33(19-52-37)39(48)50-14)21-54-56(25(7)8,26(9)10)27(11)12/h15-19,22-27,30-31H,20-21H2,1-14H3,(H,41,45)(H,42,46). The first kappa shape index (κ1) is 46.2. The Kier molecular flexibility index (Phi) is 16.3. The minimum Gasteiger partial charge on any atom is -0.464 e. The second-order valence-electron chi connectivity index (χ2n) is 15.8. The lowest BCUT2D eigenvalue weighted by Crippen LogP contribution is -2.49. The van der Waals surface area contributed by atoms with Crippen LogP contribution >= 0.6 is 0 Å². The maximum Gasteiger partial charge on any atom is 0.360 e. The molecule has 0 aliphatic carbocycles. The number of amides is 2. The molecule has 3 aromatic rings. The Morgan fingerprint density at radius 2 is 0.875 bits per heavy atom. The predicted octanol–water partition coefficient (Wildman–Crippen LogP) is 7.96. The van der Waals surface area contributed by atoms with Crippen molar-refractivity contribution in [1.82, 2.24) is 25.6 Å². The molecular weight excluding hydrogens is 755 g/mol. The van der Waals surface area contributed by atoms with Crippen LogP contribution < -0.4 is 10.6 Å². The highest BCUT2D eigenvalue weighted by atomic mass is 28.4. The molecule has 56 heavy (non-hydrogen) atoms. The molecule has 2 amide bonds. The van der Waals surface area contributed by atoms with E-state index in [1.807, 2.05) is 0 Å². The van der Waals surface area contributed by atoms with Crippen LogP contribution in [0.5, 0.6) is 0 Å². The van der Waals surface area contributed by atoms with Gasteiger partial charge in [0.15, 0.2) is 28.0 Å². The lowest BCUT2D eigenvalue weighted by molar-refractivity contribution is 0.0585. The number of carbonyl (C=O) groups is 4. The Morgan fingerprint density at radius 3 is 1.16 bits per heavy atom. The highest BCUT2D eigenvalue weighted by Crippen LogP contribution is 2.44. The average molecular weight is 816 g/mol. The van der Waals surface area contributed by atoms with Gasteiger partial charge < -0.3 is 37.8 Å². The molecule has 0 aliphatic rings. The lowest BCUT2D eigenvalue weighted by Gasteiger charge is -2.42. The third-order valence-corrected chi connectivity index (χ3v) is 22.8. The van der Waals surface area contributed by atoms with E-state index in [0.717, 1.165) is 0 Å². The van der Waals surface area contributed by atoms with Crippen LogP contribution in [0.4, 0.5) is 0 Å². The Bertz CT molecular complexity index is 1620. The van der Waals surface area contributed by atoms with Gasteiger partial charge in [-0.15, -0.1) is 0 Å². The number of methoxy groups -OCH3 is 2. The first-order valence-corrected chi connectivity index (χ1v) is 23.5. The Balaban J connectivity index is 1.95. The first-order valence-electron chi connectivity index (χ1n) is 19.2. The number of carbonyl (C=O) groups excluding carboxylic acids is 4. The minimum atomic E-state index is -2.42. The molecule has 0 aromatic carbocycles. The van der Waals surface area contributed by atoms with E-state index in [4.69, 9.17) is 27.2 Å². The van der Waals surface area contributed by atoms with Gasteiger partial charge in [0.05, 0.1) is 27.4 Å². The van der Waals surface area contributed by atoms with Gasteiger partial charge in [-0.3, -0.25) is 9.59 Å². The highest BCUT2D eigenvalue weighted by Gasteiger charge is 2.47. The van der Waals surface area contributed by atoms with Crippen molar-refractivity contribution in [2.75, 3.05) is 27.4 Å². The molecule has 2 N–H and O–H groups in total. The van der Waals surface area contributed by atoms with Crippen molar-refractivity contribution < 1.29 is 46.3 Å². The van der Waals surface area contributed by atoms with Gasteiger partial charge in [0.25, 0.3) is 11.8 Å². The fraction of sp³-hybridized carbons (Fsp3) is 0.615. The second-order valence-corrected chi connectivity index (χ2v) is 26.8. The molecule has 0 aliphatic heterocycles. The average Bonchev–Trinajstić information content (AvgIpc) is 3.84. The van der Waals surface area contributed by atoms with Gasteiger partial charge >= 0.3 is 11.9 Å². The zero-order valence-electron chi connectivity index (χ0n) is 35.3. The molecule has 0 spiro atoms. The molecule has 3 heterocycles. The molecule has 17 heteroatoms. The van der Waals surface area contributed by atoms with Crippen molar-refractivity contribution in [3.05, 3.63) is 65.3 Å². The van der Waals surface area contributed by atoms with E-state index in [0.29, 0.717) is 0 Å². The number of nitrogens with zero attached hydrogens (tertiary/aromatic N) is 3. The number of esters is 2. The Morgan fingerprint density at radius 1 is 0.554 bits per heavy atom. The first-order chi connectivity index (χ1) is 26.3. The Hall–Kier alpha value is -4.20. The minimum absolute atomic E-state index is 0.0210. The van der Waals surface area contributed by atoms with E-state index in [9.17, 15) is 19.2 Å². The third-order valence-electron chi connectivity index (χ3n) is 10.7. The van der Waals surface area contributed by atoms with Crippen molar-refractivity contribution in [3.8, 4) is 0 Å². The van der Waals surface area contributed by atoms with Crippen LogP contribution in [0.1, 0.15) is 149 Å². The fourth-order valence-corrected chi connectivity index (χ4v) is 19.2. The van der Waals surface area contributed by atoms with Gasteiger partial charge in [0, 0.05) is 0 Å². The maximum absolute atomic E-state index is 13.9. The number of hydrogen-bond acceptors (Lipinski definition) is 13.